The fourth-order valence-electron chi connectivity index (χ4n) is 3.02. The highest BCUT2D eigenvalue weighted by Crippen LogP contribution is 2.25. The number of nitrogens with zero attached hydrogens (tertiary/aromatic N) is 1. The van der Waals surface area contributed by atoms with Crippen LogP contribution < -0.4 is 5.73 Å². The molecule has 0 bridgehead atoms. The monoisotopic (exact) mass is 212 g/mol. The second-order valence-corrected chi connectivity index (χ2v) is 4.94. The third-order valence-electron chi connectivity index (χ3n) is 3.92. The summed E-state index contributed by atoms with van der Waals surface area (Å²) >= 11 is 0. The van der Waals surface area contributed by atoms with Crippen molar-refractivity contribution < 1.29 is 4.74 Å². The lowest BCUT2D eigenvalue weighted by molar-refractivity contribution is 0.0000179. The second-order valence-electron chi connectivity index (χ2n) is 4.94. The van der Waals surface area contributed by atoms with Crippen LogP contribution in [0, 0.1) is 0 Å². The molecule has 2 N–H and O–H groups in total. The van der Waals surface area contributed by atoms with E-state index in [4.69, 9.17) is 10.5 Å². The minimum atomic E-state index is 0.399. The van der Waals surface area contributed by atoms with Crippen LogP contribution in [0.2, 0.25) is 0 Å². The highest BCUT2D eigenvalue weighted by Gasteiger charge is 2.33. The van der Waals surface area contributed by atoms with Gasteiger partial charge in [-0.3, -0.25) is 4.90 Å². The summed E-state index contributed by atoms with van der Waals surface area (Å²) in [5, 5.41) is 0. The predicted octanol–water partition coefficient (Wildman–Crippen LogP) is 1.37. The van der Waals surface area contributed by atoms with Gasteiger partial charge in [-0.1, -0.05) is 6.42 Å². The molecule has 2 fully saturated rings. The van der Waals surface area contributed by atoms with E-state index < -0.39 is 0 Å². The maximum absolute atomic E-state index is 5.92. The fraction of sp³-hybridized carbons (Fsp3) is 1.00. The van der Waals surface area contributed by atoms with Gasteiger partial charge in [-0.15, -0.1) is 0 Å². The summed E-state index contributed by atoms with van der Waals surface area (Å²) in [4.78, 5) is 2.58. The van der Waals surface area contributed by atoms with Gasteiger partial charge in [0.25, 0.3) is 0 Å². The molecular formula is C12H24N2O. The number of nitrogens with two attached hydrogens (primary N) is 1. The van der Waals surface area contributed by atoms with Crippen LogP contribution in [0.25, 0.3) is 0 Å². The number of ether oxygens (including phenoxy) is 1. The van der Waals surface area contributed by atoms with Gasteiger partial charge in [-0.05, 0) is 39.2 Å². The van der Waals surface area contributed by atoms with E-state index in [0.29, 0.717) is 18.2 Å². The van der Waals surface area contributed by atoms with E-state index in [1.807, 2.05) is 0 Å². The van der Waals surface area contributed by atoms with E-state index in [1.165, 1.54) is 38.6 Å². The summed E-state index contributed by atoms with van der Waals surface area (Å²) in [5.74, 6) is 0. The van der Waals surface area contributed by atoms with Crippen molar-refractivity contribution in [2.75, 3.05) is 19.7 Å². The first-order chi connectivity index (χ1) is 7.33. The molecule has 2 heterocycles. The molecule has 0 saturated carbocycles. The van der Waals surface area contributed by atoms with Crippen molar-refractivity contribution in [3.63, 3.8) is 0 Å². The van der Waals surface area contributed by atoms with Gasteiger partial charge in [0.2, 0.25) is 0 Å². The molecule has 2 rings (SSSR count). The molecule has 0 aromatic carbocycles. The van der Waals surface area contributed by atoms with E-state index in [1.54, 1.807) is 0 Å². The topological polar surface area (TPSA) is 38.5 Å². The predicted molar refractivity (Wildman–Crippen MR) is 61.8 cm³/mol. The molecule has 3 nitrogen and oxygen atoms in total. The van der Waals surface area contributed by atoms with Crippen molar-refractivity contribution in [1.82, 2.24) is 4.90 Å². The lowest BCUT2D eigenvalue weighted by atomic mass is 9.97. The Morgan fingerprint density at radius 1 is 1.33 bits per heavy atom. The zero-order chi connectivity index (χ0) is 10.7. The summed E-state index contributed by atoms with van der Waals surface area (Å²) in [6.45, 7) is 5.22. The Morgan fingerprint density at radius 2 is 2.20 bits per heavy atom. The molecular weight excluding hydrogens is 188 g/mol. The third kappa shape index (κ3) is 2.52. The Bertz CT molecular complexity index is 192. The number of hydrogen-bond donors (Lipinski definition) is 1. The van der Waals surface area contributed by atoms with Gasteiger partial charge < -0.3 is 10.5 Å². The summed E-state index contributed by atoms with van der Waals surface area (Å²) in [6, 6.07) is 1.15. The molecule has 3 unspecified atom stereocenters. The van der Waals surface area contributed by atoms with Gasteiger partial charge in [0.15, 0.2) is 0 Å². The largest absolute Gasteiger partial charge is 0.377 e. The Balaban J connectivity index is 1.97. The minimum absolute atomic E-state index is 0.399. The molecule has 0 spiro atoms. The SMILES string of the molecule is CC1CCCCN1C(CN)C1CCCO1. The van der Waals surface area contributed by atoms with Crippen LogP contribution in [0.4, 0.5) is 0 Å². The van der Waals surface area contributed by atoms with Gasteiger partial charge >= 0.3 is 0 Å². The lowest BCUT2D eigenvalue weighted by Gasteiger charge is -2.41. The maximum atomic E-state index is 5.92. The standard InChI is InChI=1S/C12H24N2O/c1-10-5-2-3-7-14(10)11(9-13)12-6-4-8-15-12/h10-12H,2-9,13H2,1H3. The number of hydrogen-bond acceptors (Lipinski definition) is 3. The molecule has 0 aromatic heterocycles. The minimum Gasteiger partial charge on any atom is -0.377 e. The third-order valence-corrected chi connectivity index (χ3v) is 3.92. The molecule has 88 valence electrons. The Kier molecular flexibility index (Phi) is 4.00. The van der Waals surface area contributed by atoms with E-state index in [-0.39, 0.29) is 0 Å². The molecule has 15 heavy (non-hydrogen) atoms. The Hall–Kier alpha value is -0.120. The van der Waals surface area contributed by atoms with Gasteiger partial charge in [-0.2, -0.15) is 0 Å². The zero-order valence-electron chi connectivity index (χ0n) is 9.82. The maximum Gasteiger partial charge on any atom is 0.0743 e. The van der Waals surface area contributed by atoms with Crippen molar-refractivity contribution in [2.24, 2.45) is 5.73 Å². The van der Waals surface area contributed by atoms with E-state index in [2.05, 4.69) is 11.8 Å². The molecule has 0 amide bonds. The highest BCUT2D eigenvalue weighted by atomic mass is 16.5. The molecule has 2 aliphatic heterocycles. The van der Waals surface area contributed by atoms with Crippen molar-refractivity contribution in [3.8, 4) is 0 Å². The molecule has 0 aromatic rings. The quantitative estimate of drug-likeness (QED) is 0.768. The van der Waals surface area contributed by atoms with Crippen LogP contribution >= 0.6 is 0 Å². The van der Waals surface area contributed by atoms with Crippen molar-refractivity contribution >= 4 is 0 Å². The van der Waals surface area contributed by atoms with E-state index >= 15 is 0 Å². The smallest absolute Gasteiger partial charge is 0.0743 e. The average Bonchev–Trinajstić information content (AvgIpc) is 2.75. The van der Waals surface area contributed by atoms with E-state index in [9.17, 15) is 0 Å². The number of piperidine rings is 1. The van der Waals surface area contributed by atoms with E-state index in [0.717, 1.165) is 13.2 Å². The molecule has 0 aliphatic carbocycles. The highest BCUT2D eigenvalue weighted by molar-refractivity contribution is 4.88. The molecule has 3 atom stereocenters. The molecule has 2 aliphatic rings. The average molecular weight is 212 g/mol. The number of likely N-dealkylation sites (tertiary alicyclic amines) is 1. The lowest BCUT2D eigenvalue weighted by Crippen LogP contribution is -2.53. The first-order valence-electron chi connectivity index (χ1n) is 6.40. The summed E-state index contributed by atoms with van der Waals surface area (Å²) in [6.07, 6.45) is 6.83. The summed E-state index contributed by atoms with van der Waals surface area (Å²) in [5.41, 5.74) is 5.92. The van der Waals surface area contributed by atoms with Gasteiger partial charge in [0.1, 0.15) is 0 Å². The van der Waals surface area contributed by atoms with Crippen LogP contribution in [-0.4, -0.2) is 42.8 Å². The second kappa shape index (κ2) is 5.28. The first kappa shape index (κ1) is 11.4. The van der Waals surface area contributed by atoms with Crippen LogP contribution in [0.5, 0.6) is 0 Å². The number of rotatable bonds is 3. The molecule has 3 heteroatoms. The van der Waals surface area contributed by atoms with Crippen LogP contribution in [0.3, 0.4) is 0 Å². The Morgan fingerprint density at radius 3 is 2.80 bits per heavy atom. The molecule has 0 radical (unpaired) electrons. The van der Waals surface area contributed by atoms with Crippen LogP contribution in [0.1, 0.15) is 39.0 Å². The normalized spacial score (nSPS) is 35.6. The summed E-state index contributed by atoms with van der Waals surface area (Å²) in [7, 11) is 0. The van der Waals surface area contributed by atoms with Crippen LogP contribution in [-0.2, 0) is 4.74 Å². The Labute approximate surface area is 93.0 Å². The van der Waals surface area contributed by atoms with Gasteiger partial charge in [0.05, 0.1) is 6.10 Å². The van der Waals surface area contributed by atoms with Gasteiger partial charge in [0, 0.05) is 25.2 Å². The van der Waals surface area contributed by atoms with Crippen molar-refractivity contribution in [3.05, 3.63) is 0 Å². The van der Waals surface area contributed by atoms with Crippen molar-refractivity contribution in [2.45, 2.75) is 57.2 Å². The first-order valence-corrected chi connectivity index (χ1v) is 6.40. The van der Waals surface area contributed by atoms with Gasteiger partial charge in [-0.25, -0.2) is 0 Å². The van der Waals surface area contributed by atoms with Crippen molar-refractivity contribution in [1.29, 1.82) is 0 Å². The summed E-state index contributed by atoms with van der Waals surface area (Å²) < 4.78 is 5.79. The fourth-order valence-corrected chi connectivity index (χ4v) is 3.02. The van der Waals surface area contributed by atoms with Crippen LogP contribution in [0.15, 0.2) is 0 Å². The zero-order valence-corrected chi connectivity index (χ0v) is 9.82. The molecule has 2 saturated heterocycles.